The Bertz CT molecular complexity index is 1310. The molecule has 4 heterocycles. The summed E-state index contributed by atoms with van der Waals surface area (Å²) in [5, 5.41) is 12.4. The lowest BCUT2D eigenvalue weighted by Crippen LogP contribution is -2.52. The smallest absolute Gasteiger partial charge is 0.253 e. The molecule has 7 nitrogen and oxygen atoms in total. The van der Waals surface area contributed by atoms with E-state index in [2.05, 4.69) is 21.3 Å². The van der Waals surface area contributed by atoms with Crippen molar-refractivity contribution in [2.24, 2.45) is 10.4 Å². The van der Waals surface area contributed by atoms with Crippen molar-refractivity contribution in [3.63, 3.8) is 0 Å². The van der Waals surface area contributed by atoms with Crippen LogP contribution >= 0.6 is 0 Å². The number of nitriles is 1. The predicted molar refractivity (Wildman–Crippen MR) is 133 cm³/mol. The second-order valence-corrected chi connectivity index (χ2v) is 9.47. The van der Waals surface area contributed by atoms with Crippen LogP contribution in [0.15, 0.2) is 77.8 Å². The minimum absolute atomic E-state index is 0.0951. The molecule has 6 rings (SSSR count). The van der Waals surface area contributed by atoms with Gasteiger partial charge in [0.2, 0.25) is 0 Å². The fourth-order valence-corrected chi connectivity index (χ4v) is 4.94. The summed E-state index contributed by atoms with van der Waals surface area (Å²) in [6, 6.07) is 17.4. The van der Waals surface area contributed by atoms with E-state index in [4.69, 9.17) is 10.00 Å². The summed E-state index contributed by atoms with van der Waals surface area (Å²) >= 11 is 0. The molecule has 1 amide bonds. The number of aliphatic imine (C=N–C) groups is 1. The van der Waals surface area contributed by atoms with Gasteiger partial charge >= 0.3 is 0 Å². The van der Waals surface area contributed by atoms with Gasteiger partial charge in [0.25, 0.3) is 5.91 Å². The molecule has 174 valence electrons. The Morgan fingerprint density at radius 2 is 1.74 bits per heavy atom. The molecule has 7 heteroatoms. The lowest BCUT2D eigenvalue weighted by molar-refractivity contribution is -0.136. The number of likely N-dealkylation sites (tertiary alicyclic amines) is 1. The van der Waals surface area contributed by atoms with Crippen molar-refractivity contribution in [1.29, 1.82) is 5.26 Å². The Kier molecular flexibility index (Phi) is 5.24. The molecule has 0 unspecified atom stereocenters. The van der Waals surface area contributed by atoms with E-state index < -0.39 is 0 Å². The highest BCUT2D eigenvalue weighted by Crippen LogP contribution is 2.38. The van der Waals surface area contributed by atoms with E-state index in [9.17, 15) is 4.79 Å². The Balaban J connectivity index is 1.19. The van der Waals surface area contributed by atoms with Crippen LogP contribution in [0.25, 0.3) is 11.4 Å². The van der Waals surface area contributed by atoms with Crippen LogP contribution in [-0.4, -0.2) is 48.2 Å². The average Bonchev–Trinajstić information content (AvgIpc) is 2.91. The van der Waals surface area contributed by atoms with E-state index >= 15 is 0 Å². The molecular formula is C28H25N5O2. The molecule has 4 aliphatic rings. The molecule has 4 aliphatic heterocycles. The molecule has 1 spiro atoms. The quantitative estimate of drug-likeness (QED) is 0.746. The molecule has 2 aromatic rings. The minimum atomic E-state index is 0.0951. The van der Waals surface area contributed by atoms with E-state index in [0.29, 0.717) is 16.5 Å². The van der Waals surface area contributed by atoms with Crippen molar-refractivity contribution in [3.05, 3.63) is 95.1 Å². The van der Waals surface area contributed by atoms with Gasteiger partial charge in [0.15, 0.2) is 0 Å². The number of allylic oxidation sites excluding steroid dienone is 1. The van der Waals surface area contributed by atoms with Crippen LogP contribution in [0, 0.1) is 16.7 Å². The maximum atomic E-state index is 13.0. The van der Waals surface area contributed by atoms with Gasteiger partial charge in [-0.3, -0.25) is 9.79 Å². The molecule has 2 fully saturated rings. The van der Waals surface area contributed by atoms with E-state index in [0.717, 1.165) is 67.4 Å². The lowest BCUT2D eigenvalue weighted by atomic mass is 9.77. The largest absolute Gasteiger partial charge is 0.380 e. The number of nitrogens with one attached hydrogen (secondary N) is 1. The number of piperidine rings is 1. The minimum Gasteiger partial charge on any atom is -0.380 e. The molecule has 0 radical (unpaired) electrons. The summed E-state index contributed by atoms with van der Waals surface area (Å²) in [6.07, 6.45) is 9.62. The second kappa shape index (κ2) is 8.57. The molecule has 0 saturated carbocycles. The van der Waals surface area contributed by atoms with Gasteiger partial charge < -0.3 is 19.9 Å². The molecule has 1 N–H and O–H groups in total. The van der Waals surface area contributed by atoms with Gasteiger partial charge in [-0.25, -0.2) is 0 Å². The fraction of sp³-hybridized carbons (Fsp3) is 0.250. The maximum absolute atomic E-state index is 13.0. The van der Waals surface area contributed by atoms with Crippen LogP contribution in [-0.2, 0) is 4.74 Å². The van der Waals surface area contributed by atoms with E-state index in [1.165, 1.54) is 0 Å². The first kappa shape index (κ1) is 21.4. The fourth-order valence-electron chi connectivity index (χ4n) is 4.94. The Hall–Kier alpha value is -4.15. The normalized spacial score (nSPS) is 20.0. The number of rotatable bonds is 3. The summed E-state index contributed by atoms with van der Waals surface area (Å²) < 4.78 is 5.40. The summed E-state index contributed by atoms with van der Waals surface area (Å²) in [7, 11) is 0. The second-order valence-electron chi connectivity index (χ2n) is 9.47. The van der Waals surface area contributed by atoms with Gasteiger partial charge in [0, 0.05) is 42.0 Å². The molecule has 0 aromatic heterocycles. The van der Waals surface area contributed by atoms with E-state index in [1.54, 1.807) is 6.21 Å². The summed E-state index contributed by atoms with van der Waals surface area (Å²) in [4.78, 5) is 21.5. The Labute approximate surface area is 204 Å². The number of benzene rings is 2. The topological polar surface area (TPSA) is 81.0 Å². The van der Waals surface area contributed by atoms with Crippen LogP contribution in [0.3, 0.4) is 0 Å². The maximum Gasteiger partial charge on any atom is 0.253 e. The highest BCUT2D eigenvalue weighted by Gasteiger charge is 2.42. The highest BCUT2D eigenvalue weighted by atomic mass is 16.5. The van der Waals surface area contributed by atoms with Gasteiger partial charge in [0.05, 0.1) is 54.4 Å². The van der Waals surface area contributed by atoms with Gasteiger partial charge in [-0.05, 0) is 42.7 Å². The molecular weight excluding hydrogens is 438 g/mol. The third-order valence-corrected chi connectivity index (χ3v) is 7.26. The van der Waals surface area contributed by atoms with Crippen molar-refractivity contribution in [2.45, 2.75) is 12.8 Å². The zero-order valence-corrected chi connectivity index (χ0v) is 19.3. The molecule has 2 aromatic carbocycles. The number of hydrogen-bond acceptors (Lipinski definition) is 6. The van der Waals surface area contributed by atoms with Crippen molar-refractivity contribution in [2.75, 3.05) is 26.3 Å². The lowest BCUT2D eigenvalue weighted by Gasteiger charge is -2.47. The number of nitrogens with zero attached hydrogens (tertiary/aromatic N) is 4. The number of carbonyl (C=O) groups is 1. The molecule has 2 saturated heterocycles. The van der Waals surface area contributed by atoms with Crippen molar-refractivity contribution in [1.82, 2.24) is 15.1 Å². The van der Waals surface area contributed by atoms with Gasteiger partial charge in [-0.1, -0.05) is 24.3 Å². The van der Waals surface area contributed by atoms with Crippen molar-refractivity contribution < 1.29 is 9.53 Å². The Morgan fingerprint density at radius 3 is 2.40 bits per heavy atom. The first-order valence-electron chi connectivity index (χ1n) is 11.8. The average molecular weight is 464 g/mol. The van der Waals surface area contributed by atoms with Gasteiger partial charge in [0.1, 0.15) is 0 Å². The third kappa shape index (κ3) is 3.92. The highest BCUT2D eigenvalue weighted by molar-refractivity contribution is 5.95. The summed E-state index contributed by atoms with van der Waals surface area (Å²) in [5.74, 6) is 0.0951. The van der Waals surface area contributed by atoms with Crippen molar-refractivity contribution >= 4 is 23.5 Å². The monoisotopic (exact) mass is 463 g/mol. The number of carbonyl (C=O) groups excluding carboxylic acids is 1. The molecule has 0 bridgehead atoms. The van der Waals surface area contributed by atoms with Gasteiger partial charge in [-0.15, -0.1) is 0 Å². The van der Waals surface area contributed by atoms with Crippen LogP contribution < -0.4 is 5.32 Å². The zero-order valence-electron chi connectivity index (χ0n) is 19.3. The number of hydrogen-bond donors (Lipinski definition) is 1. The third-order valence-electron chi connectivity index (χ3n) is 7.26. The first-order valence-corrected chi connectivity index (χ1v) is 11.8. The first-order chi connectivity index (χ1) is 17.1. The van der Waals surface area contributed by atoms with Gasteiger partial charge in [-0.2, -0.15) is 5.26 Å². The standard InChI is InChI=1S/C28H25N5O2/c29-13-20-1-3-22(4-2-20)26-16-30-14-24-15-31-25(17-33(24)26)21-5-7-23(8-6-21)27(34)32-11-9-28(10-12-32)18-35-19-28/h1-8,14-17,31H,9-12,18-19H2. The van der Waals surface area contributed by atoms with E-state index in [1.807, 2.05) is 72.0 Å². The number of ether oxygens (including phenoxy) is 1. The van der Waals surface area contributed by atoms with Crippen LogP contribution in [0.4, 0.5) is 0 Å². The van der Waals surface area contributed by atoms with Crippen LogP contribution in [0.1, 0.15) is 39.9 Å². The van der Waals surface area contributed by atoms with Crippen LogP contribution in [0.5, 0.6) is 0 Å². The molecule has 0 atom stereocenters. The predicted octanol–water partition coefficient (Wildman–Crippen LogP) is 3.94. The molecule has 0 aliphatic carbocycles. The zero-order chi connectivity index (χ0) is 23.8. The Morgan fingerprint density at radius 1 is 1.03 bits per heavy atom. The van der Waals surface area contributed by atoms with E-state index in [-0.39, 0.29) is 5.91 Å². The van der Waals surface area contributed by atoms with Crippen molar-refractivity contribution in [3.8, 4) is 6.07 Å². The number of amides is 1. The SMILES string of the molecule is N#Cc1ccc(C2=CN=CC3=CNC(c4ccc(C(=O)N5CCC6(CC5)COC6)cc4)=CN32)cc1. The number of fused-ring (bicyclic) bond motifs is 1. The van der Waals surface area contributed by atoms with Crippen LogP contribution in [0.2, 0.25) is 0 Å². The summed E-state index contributed by atoms with van der Waals surface area (Å²) in [6.45, 7) is 3.27. The summed E-state index contributed by atoms with van der Waals surface area (Å²) in [5.41, 5.74) is 6.38. The molecule has 35 heavy (non-hydrogen) atoms.